The largest absolute Gasteiger partial charge is 0.497 e. The van der Waals surface area contributed by atoms with E-state index >= 15 is 0 Å². The highest BCUT2D eigenvalue weighted by Crippen LogP contribution is 2.36. The van der Waals surface area contributed by atoms with Crippen LogP contribution >= 0.6 is 11.8 Å². The average molecular weight is 348 g/mol. The van der Waals surface area contributed by atoms with Crippen molar-refractivity contribution in [3.8, 4) is 17.2 Å². The third-order valence-corrected chi connectivity index (χ3v) is 4.44. The zero-order valence-corrected chi connectivity index (χ0v) is 13.8. The molecule has 3 aromatic rings. The molecule has 1 atom stereocenters. The van der Waals surface area contributed by atoms with Crippen molar-refractivity contribution in [1.29, 1.82) is 0 Å². The standard InChI is InChI=1S/C17H14F2N2O2S/c1-10(24-15-9-12(18)5-8-14(15)19)16-20-21-17(23-16)11-3-6-13(22-2)7-4-11/h3-10H,1-2H3/t10-/m0/s1. The number of rotatable bonds is 5. The van der Waals surface area contributed by atoms with Gasteiger partial charge in [0.15, 0.2) is 0 Å². The van der Waals surface area contributed by atoms with E-state index in [4.69, 9.17) is 9.15 Å². The molecule has 7 heteroatoms. The summed E-state index contributed by atoms with van der Waals surface area (Å²) in [7, 11) is 1.59. The molecule has 0 spiro atoms. The Morgan fingerprint density at radius 3 is 2.54 bits per heavy atom. The Hall–Kier alpha value is -2.41. The summed E-state index contributed by atoms with van der Waals surface area (Å²) in [5, 5.41) is 7.69. The fraction of sp³-hybridized carbons (Fsp3) is 0.176. The summed E-state index contributed by atoms with van der Waals surface area (Å²) >= 11 is 1.12. The molecular weight excluding hydrogens is 334 g/mol. The molecule has 0 N–H and O–H groups in total. The molecule has 24 heavy (non-hydrogen) atoms. The average Bonchev–Trinajstić information content (AvgIpc) is 3.08. The molecule has 1 aromatic heterocycles. The van der Waals surface area contributed by atoms with E-state index in [1.54, 1.807) is 38.3 Å². The molecule has 0 fully saturated rings. The predicted molar refractivity (Wildman–Crippen MR) is 86.9 cm³/mol. The Kier molecular flexibility index (Phi) is 4.80. The number of hydrogen-bond donors (Lipinski definition) is 0. The lowest BCUT2D eigenvalue weighted by atomic mass is 10.2. The number of methoxy groups -OCH3 is 1. The predicted octanol–water partition coefficient (Wildman–Crippen LogP) is 4.88. The maximum absolute atomic E-state index is 13.7. The van der Waals surface area contributed by atoms with E-state index in [0.29, 0.717) is 11.8 Å². The van der Waals surface area contributed by atoms with Gasteiger partial charge in [0.1, 0.15) is 17.4 Å². The molecule has 0 saturated carbocycles. The van der Waals surface area contributed by atoms with Gasteiger partial charge in [0.25, 0.3) is 0 Å². The summed E-state index contributed by atoms with van der Waals surface area (Å²) in [5.41, 5.74) is 0.753. The van der Waals surface area contributed by atoms with Gasteiger partial charge in [-0.2, -0.15) is 0 Å². The molecule has 0 aliphatic rings. The van der Waals surface area contributed by atoms with Crippen LogP contribution in [0.4, 0.5) is 8.78 Å². The molecule has 3 rings (SSSR count). The monoisotopic (exact) mass is 348 g/mol. The van der Waals surface area contributed by atoms with Gasteiger partial charge in [-0.05, 0) is 49.4 Å². The quantitative estimate of drug-likeness (QED) is 0.615. The normalized spacial score (nSPS) is 12.2. The van der Waals surface area contributed by atoms with Gasteiger partial charge in [-0.25, -0.2) is 8.78 Å². The van der Waals surface area contributed by atoms with Crippen molar-refractivity contribution in [2.24, 2.45) is 0 Å². The van der Waals surface area contributed by atoms with Crippen LogP contribution in [0.15, 0.2) is 51.8 Å². The number of thioether (sulfide) groups is 1. The van der Waals surface area contributed by atoms with Gasteiger partial charge in [-0.3, -0.25) is 0 Å². The first kappa shape index (κ1) is 16.4. The van der Waals surface area contributed by atoms with Crippen molar-refractivity contribution >= 4 is 11.8 Å². The minimum Gasteiger partial charge on any atom is -0.497 e. The first-order chi connectivity index (χ1) is 11.6. The second-order valence-corrected chi connectivity index (χ2v) is 6.39. The van der Waals surface area contributed by atoms with E-state index in [-0.39, 0.29) is 10.1 Å². The van der Waals surface area contributed by atoms with Crippen LogP contribution in [0.3, 0.4) is 0 Å². The fourth-order valence-electron chi connectivity index (χ4n) is 2.06. The van der Waals surface area contributed by atoms with Gasteiger partial charge in [0.2, 0.25) is 11.8 Å². The molecular formula is C17H14F2N2O2S. The van der Waals surface area contributed by atoms with Gasteiger partial charge >= 0.3 is 0 Å². The van der Waals surface area contributed by atoms with Crippen LogP contribution in [-0.2, 0) is 0 Å². The first-order valence-corrected chi connectivity index (χ1v) is 8.04. The molecule has 0 bridgehead atoms. The molecule has 2 aromatic carbocycles. The van der Waals surface area contributed by atoms with Crippen LogP contribution in [0.2, 0.25) is 0 Å². The van der Waals surface area contributed by atoms with Crippen molar-refractivity contribution in [2.45, 2.75) is 17.1 Å². The summed E-state index contributed by atoms with van der Waals surface area (Å²) in [6.45, 7) is 1.79. The molecule has 124 valence electrons. The van der Waals surface area contributed by atoms with Crippen LogP contribution in [0.25, 0.3) is 11.5 Å². The Morgan fingerprint density at radius 1 is 1.08 bits per heavy atom. The van der Waals surface area contributed by atoms with E-state index in [1.807, 2.05) is 0 Å². The maximum atomic E-state index is 13.7. The SMILES string of the molecule is COc1ccc(-c2nnc([C@H](C)Sc3cc(F)ccc3F)o2)cc1. The minimum atomic E-state index is -0.490. The summed E-state index contributed by atoms with van der Waals surface area (Å²) in [6.07, 6.45) is 0. The summed E-state index contributed by atoms with van der Waals surface area (Å²) in [4.78, 5) is 0.201. The van der Waals surface area contributed by atoms with Gasteiger partial charge in [0.05, 0.1) is 12.4 Å². The highest BCUT2D eigenvalue weighted by molar-refractivity contribution is 7.99. The topological polar surface area (TPSA) is 48.2 Å². The number of ether oxygens (including phenoxy) is 1. The molecule has 4 nitrogen and oxygen atoms in total. The minimum absolute atomic E-state index is 0.201. The summed E-state index contributed by atoms with van der Waals surface area (Å²) < 4.78 is 37.7. The van der Waals surface area contributed by atoms with E-state index in [0.717, 1.165) is 41.3 Å². The number of nitrogens with zero attached hydrogens (tertiary/aromatic N) is 2. The zero-order chi connectivity index (χ0) is 17.1. The molecule has 0 saturated heterocycles. The summed E-state index contributed by atoms with van der Waals surface area (Å²) in [6, 6.07) is 10.5. The second kappa shape index (κ2) is 7.00. The fourth-order valence-corrected chi connectivity index (χ4v) is 3.00. The number of halogens is 2. The second-order valence-electron chi connectivity index (χ2n) is 5.01. The van der Waals surface area contributed by atoms with Crippen molar-refractivity contribution in [1.82, 2.24) is 10.2 Å². The van der Waals surface area contributed by atoms with Crippen LogP contribution in [0.1, 0.15) is 18.1 Å². The molecule has 0 unspecified atom stereocenters. The third-order valence-electron chi connectivity index (χ3n) is 3.32. The van der Waals surface area contributed by atoms with E-state index in [9.17, 15) is 8.78 Å². The molecule has 0 amide bonds. The Morgan fingerprint density at radius 2 is 1.83 bits per heavy atom. The van der Waals surface area contributed by atoms with Gasteiger partial charge in [-0.1, -0.05) is 0 Å². The third kappa shape index (κ3) is 3.56. The summed E-state index contributed by atoms with van der Waals surface area (Å²) in [5.74, 6) is 0.456. The highest BCUT2D eigenvalue weighted by atomic mass is 32.2. The Bertz CT molecular complexity index is 837. The van der Waals surface area contributed by atoms with E-state index in [2.05, 4.69) is 10.2 Å². The molecule has 0 aliphatic heterocycles. The van der Waals surface area contributed by atoms with Crippen LogP contribution in [0.5, 0.6) is 5.75 Å². The highest BCUT2D eigenvalue weighted by Gasteiger charge is 2.18. The number of benzene rings is 2. The lowest BCUT2D eigenvalue weighted by Gasteiger charge is -2.07. The Balaban J connectivity index is 1.77. The maximum Gasteiger partial charge on any atom is 0.247 e. The van der Waals surface area contributed by atoms with Crippen LogP contribution < -0.4 is 4.74 Å². The first-order valence-electron chi connectivity index (χ1n) is 7.16. The number of aromatic nitrogens is 2. The molecule has 0 radical (unpaired) electrons. The molecule has 0 aliphatic carbocycles. The van der Waals surface area contributed by atoms with Crippen molar-refractivity contribution < 1.29 is 17.9 Å². The van der Waals surface area contributed by atoms with Gasteiger partial charge in [-0.15, -0.1) is 22.0 Å². The lowest BCUT2D eigenvalue weighted by Crippen LogP contribution is -1.91. The molecule has 1 heterocycles. The lowest BCUT2D eigenvalue weighted by molar-refractivity contribution is 0.415. The van der Waals surface area contributed by atoms with Crippen LogP contribution in [0, 0.1) is 11.6 Å². The van der Waals surface area contributed by atoms with Gasteiger partial charge < -0.3 is 9.15 Å². The Labute approximate surface area is 141 Å². The van der Waals surface area contributed by atoms with Crippen LogP contribution in [-0.4, -0.2) is 17.3 Å². The van der Waals surface area contributed by atoms with E-state index in [1.165, 1.54) is 0 Å². The number of hydrogen-bond acceptors (Lipinski definition) is 5. The van der Waals surface area contributed by atoms with Crippen molar-refractivity contribution in [3.63, 3.8) is 0 Å². The van der Waals surface area contributed by atoms with Crippen molar-refractivity contribution in [2.75, 3.05) is 7.11 Å². The van der Waals surface area contributed by atoms with Crippen molar-refractivity contribution in [3.05, 3.63) is 60.0 Å². The van der Waals surface area contributed by atoms with E-state index < -0.39 is 11.6 Å². The smallest absolute Gasteiger partial charge is 0.247 e. The zero-order valence-electron chi connectivity index (χ0n) is 13.0. The van der Waals surface area contributed by atoms with Gasteiger partial charge in [0, 0.05) is 10.5 Å².